The Morgan fingerprint density at radius 3 is 2.86 bits per heavy atom. The van der Waals surface area contributed by atoms with Crippen LogP contribution in [0, 0.1) is 0 Å². The second kappa shape index (κ2) is 1.45. The van der Waals surface area contributed by atoms with Gasteiger partial charge in [0.05, 0.1) is 0 Å². The molecule has 0 amide bonds. The molecule has 0 saturated heterocycles. The van der Waals surface area contributed by atoms with Gasteiger partial charge in [0.15, 0.2) is 0 Å². The van der Waals surface area contributed by atoms with Crippen LogP contribution in [0.4, 0.5) is 0 Å². The van der Waals surface area contributed by atoms with Gasteiger partial charge in [-0.3, -0.25) is 0 Å². The van der Waals surface area contributed by atoms with E-state index in [-0.39, 0.29) is 5.70 Å². The molecule has 1 aliphatic rings. The number of nitrogens with zero attached hydrogens (tertiary/aromatic N) is 3. The van der Waals surface area contributed by atoms with Crippen LogP contribution in [0.15, 0.2) is 21.1 Å². The first-order chi connectivity index (χ1) is 3.43. The summed E-state index contributed by atoms with van der Waals surface area (Å²) >= 11 is 0. The van der Waals surface area contributed by atoms with Gasteiger partial charge in [0.1, 0.15) is 0 Å². The maximum absolute atomic E-state index is 9.57. The van der Waals surface area contributed by atoms with Gasteiger partial charge in [0, 0.05) is 5.70 Å². The molecule has 7 heavy (non-hydrogen) atoms. The van der Waals surface area contributed by atoms with Crippen molar-refractivity contribution in [1.29, 1.82) is 0 Å². The molecule has 0 bridgehead atoms. The first kappa shape index (κ1) is 3.89. The van der Waals surface area contributed by atoms with Gasteiger partial charge in [0.2, 0.25) is 0 Å². The van der Waals surface area contributed by atoms with E-state index in [0.717, 1.165) is 0 Å². The lowest BCUT2D eigenvalue weighted by atomic mass is 10.6. The second-order valence-electron chi connectivity index (χ2n) is 0.852. The predicted octanol–water partition coefficient (Wildman–Crippen LogP) is 0.0305. The molecule has 0 aromatic rings. The molecule has 0 aromatic carbocycles. The molecule has 0 atom stereocenters. The predicted molar refractivity (Wildman–Crippen MR) is 21.5 cm³/mol. The van der Waals surface area contributed by atoms with Crippen LogP contribution in [-0.2, 0) is 4.79 Å². The summed E-state index contributed by atoms with van der Waals surface area (Å²) in [5.74, 6) is 1.47. The molecule has 1 heterocycles. The van der Waals surface area contributed by atoms with Crippen molar-refractivity contribution >= 4 is 12.2 Å². The highest BCUT2D eigenvalue weighted by Crippen LogP contribution is 1.95. The van der Waals surface area contributed by atoms with Crippen molar-refractivity contribution in [3.8, 4) is 0 Å². The Kier molecular flexibility index (Phi) is 0.805. The number of allylic oxidation sites excluding steroid dienone is 1. The number of hydrogen-bond donors (Lipinski definition) is 0. The molecule has 0 fully saturated rings. The molecule has 4 heteroatoms. The van der Waals surface area contributed by atoms with Gasteiger partial charge in [-0.05, 0) is 0 Å². The first-order valence-electron chi connectivity index (χ1n) is 1.55. The van der Waals surface area contributed by atoms with Crippen LogP contribution >= 0.6 is 0 Å². The third-order valence-corrected chi connectivity index (χ3v) is 0.442. The Labute approximate surface area is 39.2 Å². The van der Waals surface area contributed by atoms with Crippen LogP contribution < -0.4 is 0 Å². The van der Waals surface area contributed by atoms with E-state index in [4.69, 9.17) is 0 Å². The Bertz CT molecular complexity index is 161. The van der Waals surface area contributed by atoms with E-state index in [2.05, 4.69) is 21.7 Å². The van der Waals surface area contributed by atoms with Crippen LogP contribution in [0.3, 0.4) is 0 Å². The van der Waals surface area contributed by atoms with Gasteiger partial charge in [-0.15, -0.1) is 0 Å². The van der Waals surface area contributed by atoms with Gasteiger partial charge < -0.3 is 4.79 Å². The lowest BCUT2D eigenvalue weighted by molar-refractivity contribution is 0.568. The molecule has 0 aliphatic carbocycles. The molecule has 0 radical (unpaired) electrons. The van der Waals surface area contributed by atoms with Gasteiger partial charge in [-0.2, -0.15) is 5.11 Å². The molecule has 4 nitrogen and oxygen atoms in total. The summed E-state index contributed by atoms with van der Waals surface area (Å²) in [6, 6.07) is 0. The topological polar surface area (TPSA) is 54.1 Å². The largest absolute Gasteiger partial charge is 0.363 e. The molecule has 1 rings (SSSR count). The maximum Gasteiger partial charge on any atom is 0.00252 e. The third kappa shape index (κ3) is 0.586. The van der Waals surface area contributed by atoms with Crippen molar-refractivity contribution in [2.75, 3.05) is 0 Å². The summed E-state index contributed by atoms with van der Waals surface area (Å²) < 4.78 is 0. The van der Waals surface area contributed by atoms with Crippen molar-refractivity contribution in [3.63, 3.8) is 0 Å². The monoisotopic (exact) mass is 94.0 g/mol. The minimum absolute atomic E-state index is 0.0278. The molecule has 0 N–H and O–H groups in total. The molecule has 34 valence electrons. The highest BCUT2D eigenvalue weighted by Gasteiger charge is 1.78. The second-order valence-corrected chi connectivity index (χ2v) is 0.852. The third-order valence-electron chi connectivity index (χ3n) is 0.442. The molecule has 0 saturated carbocycles. The maximum atomic E-state index is 9.57. The summed E-state index contributed by atoms with van der Waals surface area (Å²) in [5, 5.41) is 9.41. The number of carbonyl (C=O) groups excluding carboxylic acids is 1. The molecule has 0 spiro atoms. The van der Waals surface area contributed by atoms with Crippen LogP contribution in [0.5, 0.6) is 0 Å². The summed E-state index contributed by atoms with van der Waals surface area (Å²) in [7, 11) is 0. The minimum Gasteiger partial charge on any atom is -0.363 e. The normalized spacial score (nSPS) is 15.1. The van der Waals surface area contributed by atoms with E-state index in [9.17, 15) is 4.79 Å². The standard InChI is InChI=1S/C3N3O/c7-2-3-1-4-6-5-3/q-1. The lowest BCUT2D eigenvalue weighted by Crippen LogP contribution is -1.70. The molecule has 0 unspecified atom stereocenters. The van der Waals surface area contributed by atoms with E-state index >= 15 is 0 Å². The van der Waals surface area contributed by atoms with Crippen molar-refractivity contribution in [2.45, 2.75) is 0 Å². The lowest BCUT2D eigenvalue weighted by Gasteiger charge is -1.76. The molecule has 0 aromatic heterocycles. The Hall–Kier alpha value is -1.28. The van der Waals surface area contributed by atoms with E-state index in [1.807, 2.05) is 0 Å². The highest BCUT2D eigenvalue weighted by molar-refractivity contribution is 5.89. The van der Waals surface area contributed by atoms with Gasteiger partial charge in [-0.1, -0.05) is 17.4 Å². The van der Waals surface area contributed by atoms with Crippen LogP contribution in [0.2, 0.25) is 0 Å². The zero-order valence-electron chi connectivity index (χ0n) is 3.25. The average Bonchev–Trinajstić information content (AvgIpc) is 2.14. The molecular formula is C3N3O-. The van der Waals surface area contributed by atoms with E-state index < -0.39 is 0 Å². The summed E-state index contributed by atoms with van der Waals surface area (Å²) in [4.78, 5) is 9.57. The Morgan fingerprint density at radius 2 is 2.57 bits per heavy atom. The molecule has 1 aliphatic heterocycles. The van der Waals surface area contributed by atoms with Gasteiger partial charge >= 0.3 is 0 Å². The van der Waals surface area contributed by atoms with Crippen LogP contribution in [0.25, 0.3) is 0 Å². The first-order valence-corrected chi connectivity index (χ1v) is 1.55. The fraction of sp³-hybridized carbons (Fsp3) is 0. The average molecular weight is 94.1 g/mol. The van der Waals surface area contributed by atoms with Crippen LogP contribution in [-0.4, -0.2) is 12.2 Å². The summed E-state index contributed by atoms with van der Waals surface area (Å²) in [5.41, 5.74) is 0.0278. The Morgan fingerprint density at radius 1 is 1.71 bits per heavy atom. The number of rotatable bonds is 0. The summed E-state index contributed by atoms with van der Waals surface area (Å²) in [6.45, 7) is 0. The van der Waals surface area contributed by atoms with E-state index in [0.29, 0.717) is 0 Å². The fourth-order valence-electron chi connectivity index (χ4n) is 0.202. The van der Waals surface area contributed by atoms with E-state index in [1.54, 1.807) is 0 Å². The van der Waals surface area contributed by atoms with Crippen molar-refractivity contribution in [3.05, 3.63) is 5.70 Å². The summed E-state index contributed by atoms with van der Waals surface area (Å²) in [6.07, 6.45) is 2.19. The fourth-order valence-corrected chi connectivity index (χ4v) is 0.202. The smallest absolute Gasteiger partial charge is 0.00252 e. The van der Waals surface area contributed by atoms with E-state index in [1.165, 1.54) is 5.94 Å². The van der Waals surface area contributed by atoms with Crippen LogP contribution in [0.1, 0.15) is 0 Å². The SMILES string of the molecule is O=C=C1[C-]=NN=N1. The quantitative estimate of drug-likeness (QED) is 0.308. The zero-order chi connectivity index (χ0) is 5.11. The van der Waals surface area contributed by atoms with Crippen molar-refractivity contribution in [1.82, 2.24) is 0 Å². The Balaban J connectivity index is 3.00. The number of hydrogen-bond acceptors (Lipinski definition) is 4. The minimum atomic E-state index is 0.0278. The van der Waals surface area contributed by atoms with Gasteiger partial charge in [-0.25, -0.2) is 5.10 Å². The van der Waals surface area contributed by atoms with Crippen molar-refractivity contribution in [2.24, 2.45) is 15.4 Å². The van der Waals surface area contributed by atoms with Gasteiger partial charge in [0.25, 0.3) is 0 Å². The van der Waals surface area contributed by atoms with Crippen molar-refractivity contribution < 1.29 is 4.79 Å². The molecular weight excluding hydrogens is 94.1 g/mol. The highest BCUT2D eigenvalue weighted by atomic mass is 16.1. The zero-order valence-corrected chi connectivity index (χ0v) is 3.25.